The average Bonchev–Trinajstić information content (AvgIpc) is 2.14. The highest BCUT2D eigenvalue weighted by Gasteiger charge is 2.08. The van der Waals surface area contributed by atoms with E-state index >= 15 is 0 Å². The second-order valence-corrected chi connectivity index (χ2v) is 4.03. The third kappa shape index (κ3) is 3.65. The van der Waals surface area contributed by atoms with E-state index in [1.807, 2.05) is 0 Å². The van der Waals surface area contributed by atoms with Crippen molar-refractivity contribution in [3.63, 3.8) is 0 Å². The third-order valence-electron chi connectivity index (χ3n) is 1.49. The van der Waals surface area contributed by atoms with Crippen molar-refractivity contribution >= 4 is 10.2 Å². The van der Waals surface area contributed by atoms with Gasteiger partial charge in [-0.2, -0.15) is 8.42 Å². The topological polar surface area (TPSA) is 69.2 Å². The standard InChI is InChI=1S/C7H9FN2O3S/c1-13-7-5-9-6(4-10-7)2-3-14(8,11)12/h4-5H,2-3H2,1H3. The Morgan fingerprint density at radius 3 is 2.57 bits per heavy atom. The molecule has 7 heteroatoms. The molecule has 0 saturated heterocycles. The molecule has 1 heterocycles. The molecule has 0 aliphatic heterocycles. The number of aromatic nitrogens is 2. The molecule has 5 nitrogen and oxygen atoms in total. The molecule has 1 rings (SSSR count). The predicted molar refractivity (Wildman–Crippen MR) is 47.2 cm³/mol. The van der Waals surface area contributed by atoms with Gasteiger partial charge in [0.1, 0.15) is 0 Å². The lowest BCUT2D eigenvalue weighted by Gasteiger charge is -1.99. The summed E-state index contributed by atoms with van der Waals surface area (Å²) in [6, 6.07) is 0. The van der Waals surface area contributed by atoms with Gasteiger partial charge in [0.15, 0.2) is 0 Å². The molecule has 0 aliphatic carbocycles. The van der Waals surface area contributed by atoms with Gasteiger partial charge in [-0.3, -0.25) is 4.98 Å². The summed E-state index contributed by atoms with van der Waals surface area (Å²) >= 11 is 0. The quantitative estimate of drug-likeness (QED) is 0.684. The molecule has 0 amide bonds. The summed E-state index contributed by atoms with van der Waals surface area (Å²) in [5.74, 6) is -0.245. The lowest BCUT2D eigenvalue weighted by Crippen LogP contribution is -2.04. The van der Waals surface area contributed by atoms with Crippen LogP contribution >= 0.6 is 0 Å². The molecule has 0 unspecified atom stereocenters. The van der Waals surface area contributed by atoms with Gasteiger partial charge in [0.05, 0.1) is 31.0 Å². The van der Waals surface area contributed by atoms with Crippen LogP contribution < -0.4 is 4.74 Å². The SMILES string of the molecule is COc1cnc(CCS(=O)(=O)F)cn1. The van der Waals surface area contributed by atoms with Crippen molar-refractivity contribution in [1.29, 1.82) is 0 Å². The Kier molecular flexibility index (Phi) is 3.34. The Balaban J connectivity index is 2.61. The lowest BCUT2D eigenvalue weighted by atomic mass is 10.3. The highest BCUT2D eigenvalue weighted by atomic mass is 32.3. The molecule has 0 atom stereocenters. The van der Waals surface area contributed by atoms with Gasteiger partial charge in [-0.25, -0.2) is 4.98 Å². The smallest absolute Gasteiger partial charge is 0.302 e. The fourth-order valence-electron chi connectivity index (χ4n) is 0.804. The average molecular weight is 220 g/mol. The van der Waals surface area contributed by atoms with Crippen LogP contribution in [0.4, 0.5) is 3.89 Å². The molecule has 0 spiro atoms. The molecule has 0 bridgehead atoms. The second kappa shape index (κ2) is 4.32. The van der Waals surface area contributed by atoms with Gasteiger partial charge >= 0.3 is 10.2 Å². The van der Waals surface area contributed by atoms with E-state index in [1.165, 1.54) is 19.5 Å². The Labute approximate surface area is 81.2 Å². The fourth-order valence-corrected chi connectivity index (χ4v) is 1.26. The molecule has 0 N–H and O–H groups in total. The normalized spacial score (nSPS) is 11.3. The molecule has 0 radical (unpaired) electrons. The summed E-state index contributed by atoms with van der Waals surface area (Å²) < 4.78 is 37.2. The third-order valence-corrected chi connectivity index (χ3v) is 2.18. The molecular weight excluding hydrogens is 211 g/mol. The molecule has 78 valence electrons. The second-order valence-electron chi connectivity index (χ2n) is 2.54. The van der Waals surface area contributed by atoms with E-state index in [2.05, 4.69) is 9.97 Å². The first-order valence-electron chi connectivity index (χ1n) is 3.78. The summed E-state index contributed by atoms with van der Waals surface area (Å²) in [5, 5.41) is 0. The monoisotopic (exact) mass is 220 g/mol. The summed E-state index contributed by atoms with van der Waals surface area (Å²) in [7, 11) is -3.00. The number of methoxy groups -OCH3 is 1. The van der Waals surface area contributed by atoms with Crippen molar-refractivity contribution in [1.82, 2.24) is 9.97 Å². The maximum absolute atomic E-state index is 12.1. The zero-order chi connectivity index (χ0) is 10.6. The number of hydrogen-bond acceptors (Lipinski definition) is 5. The highest BCUT2D eigenvalue weighted by molar-refractivity contribution is 7.86. The highest BCUT2D eigenvalue weighted by Crippen LogP contribution is 2.04. The number of ether oxygens (including phenoxy) is 1. The molecule has 0 aliphatic rings. The van der Waals surface area contributed by atoms with Crippen LogP contribution in [0, 0.1) is 0 Å². The van der Waals surface area contributed by atoms with Crippen molar-refractivity contribution in [2.24, 2.45) is 0 Å². The first kappa shape index (κ1) is 10.8. The van der Waals surface area contributed by atoms with Gasteiger partial charge in [0, 0.05) is 6.42 Å². The number of aryl methyl sites for hydroxylation is 1. The molecule has 14 heavy (non-hydrogen) atoms. The van der Waals surface area contributed by atoms with Crippen LogP contribution in [-0.2, 0) is 16.6 Å². The molecular formula is C7H9FN2O3S. The van der Waals surface area contributed by atoms with Gasteiger partial charge in [0.2, 0.25) is 5.88 Å². The fraction of sp³-hybridized carbons (Fsp3) is 0.429. The Hall–Kier alpha value is -1.24. The predicted octanol–water partition coefficient (Wildman–Crippen LogP) is 0.327. The summed E-state index contributed by atoms with van der Waals surface area (Å²) in [4.78, 5) is 7.63. The Bertz CT molecular complexity index is 390. The van der Waals surface area contributed by atoms with Gasteiger partial charge in [-0.15, -0.1) is 3.89 Å². The van der Waals surface area contributed by atoms with Crippen LogP contribution in [0.3, 0.4) is 0 Å². The summed E-state index contributed by atoms with van der Waals surface area (Å²) in [6.45, 7) is 0. The van der Waals surface area contributed by atoms with Crippen LogP contribution in [0.5, 0.6) is 5.88 Å². The minimum atomic E-state index is -4.44. The van der Waals surface area contributed by atoms with Crippen molar-refractivity contribution in [2.75, 3.05) is 12.9 Å². The van der Waals surface area contributed by atoms with Gasteiger partial charge < -0.3 is 4.74 Å². The van der Waals surface area contributed by atoms with E-state index in [1.54, 1.807) is 0 Å². The van der Waals surface area contributed by atoms with Crippen LogP contribution in [-0.4, -0.2) is 31.2 Å². The van der Waals surface area contributed by atoms with Crippen LogP contribution in [0.1, 0.15) is 5.69 Å². The Morgan fingerprint density at radius 1 is 1.43 bits per heavy atom. The Morgan fingerprint density at radius 2 is 2.14 bits per heavy atom. The van der Waals surface area contributed by atoms with Gasteiger partial charge in [0.25, 0.3) is 0 Å². The lowest BCUT2D eigenvalue weighted by molar-refractivity contribution is 0.395. The molecule has 0 fully saturated rings. The minimum absolute atomic E-state index is 0.00975. The maximum Gasteiger partial charge on any atom is 0.302 e. The number of halogens is 1. The first-order chi connectivity index (χ1) is 6.51. The van der Waals surface area contributed by atoms with E-state index in [0.29, 0.717) is 11.6 Å². The van der Waals surface area contributed by atoms with Gasteiger partial charge in [-0.05, 0) is 0 Å². The van der Waals surface area contributed by atoms with Crippen molar-refractivity contribution in [3.05, 3.63) is 18.1 Å². The zero-order valence-electron chi connectivity index (χ0n) is 7.47. The van der Waals surface area contributed by atoms with E-state index in [-0.39, 0.29) is 6.42 Å². The maximum atomic E-state index is 12.1. The van der Waals surface area contributed by atoms with E-state index in [0.717, 1.165) is 0 Å². The van der Waals surface area contributed by atoms with E-state index < -0.39 is 16.0 Å². The van der Waals surface area contributed by atoms with Crippen molar-refractivity contribution in [3.8, 4) is 5.88 Å². The number of hydrogen-bond donors (Lipinski definition) is 0. The number of rotatable bonds is 4. The first-order valence-corrected chi connectivity index (χ1v) is 5.34. The molecule has 1 aromatic heterocycles. The largest absolute Gasteiger partial charge is 0.480 e. The number of nitrogens with zero attached hydrogens (tertiary/aromatic N) is 2. The van der Waals surface area contributed by atoms with E-state index in [4.69, 9.17) is 4.74 Å². The van der Waals surface area contributed by atoms with Crippen molar-refractivity contribution in [2.45, 2.75) is 6.42 Å². The summed E-state index contributed by atoms with van der Waals surface area (Å²) in [6.07, 6.45) is 2.71. The van der Waals surface area contributed by atoms with Crippen LogP contribution in [0.15, 0.2) is 12.4 Å². The minimum Gasteiger partial charge on any atom is -0.480 e. The zero-order valence-corrected chi connectivity index (χ0v) is 8.29. The van der Waals surface area contributed by atoms with Gasteiger partial charge in [-0.1, -0.05) is 0 Å². The summed E-state index contributed by atoms with van der Waals surface area (Å²) in [5.41, 5.74) is 0.409. The molecule has 1 aromatic rings. The molecule has 0 aromatic carbocycles. The molecule has 0 saturated carbocycles. The van der Waals surface area contributed by atoms with Crippen LogP contribution in [0.25, 0.3) is 0 Å². The van der Waals surface area contributed by atoms with E-state index in [9.17, 15) is 12.3 Å². The van der Waals surface area contributed by atoms with Crippen molar-refractivity contribution < 1.29 is 17.0 Å². The van der Waals surface area contributed by atoms with Crippen LogP contribution in [0.2, 0.25) is 0 Å².